The quantitative estimate of drug-likeness (QED) is 0.703. The molecule has 0 spiro atoms. The third-order valence-electron chi connectivity index (χ3n) is 4.15. The molecule has 0 radical (unpaired) electrons. The first-order valence-electron chi connectivity index (χ1n) is 7.71. The van der Waals surface area contributed by atoms with Crippen LogP contribution in [0.4, 0.5) is 0 Å². The first-order valence-corrected chi connectivity index (χ1v) is 8.94. The zero-order valence-corrected chi connectivity index (χ0v) is 14.3. The van der Waals surface area contributed by atoms with Crippen molar-refractivity contribution in [2.75, 3.05) is 13.2 Å². The molecule has 1 saturated heterocycles. The van der Waals surface area contributed by atoms with Crippen LogP contribution in [0.3, 0.4) is 0 Å². The second-order valence-corrected chi connectivity index (χ2v) is 7.34. The van der Waals surface area contributed by atoms with Gasteiger partial charge in [-0.2, -0.15) is 0 Å². The van der Waals surface area contributed by atoms with E-state index in [1.165, 1.54) is 11.3 Å². The van der Waals surface area contributed by atoms with Crippen LogP contribution < -0.4 is 10.9 Å². The molecule has 2 aromatic heterocycles. The Labute approximate surface area is 146 Å². The number of rotatable bonds is 3. The molecule has 1 atom stereocenters. The highest BCUT2D eigenvalue weighted by molar-refractivity contribution is 7.73. The number of benzene rings is 1. The highest BCUT2D eigenvalue weighted by Crippen LogP contribution is 2.22. The van der Waals surface area contributed by atoms with Gasteiger partial charge in [-0.15, -0.1) is 0 Å². The lowest BCUT2D eigenvalue weighted by Crippen LogP contribution is -2.31. The van der Waals surface area contributed by atoms with Crippen molar-refractivity contribution in [3.63, 3.8) is 0 Å². The first kappa shape index (κ1) is 15.5. The lowest BCUT2D eigenvalue weighted by molar-refractivity contribution is 0.0862. The molecular formula is C16H15N3O3S2. The van der Waals surface area contributed by atoms with Gasteiger partial charge in [0.25, 0.3) is 11.5 Å². The van der Waals surface area contributed by atoms with Crippen LogP contribution >= 0.6 is 23.6 Å². The van der Waals surface area contributed by atoms with E-state index < -0.39 is 0 Å². The van der Waals surface area contributed by atoms with Crippen molar-refractivity contribution in [2.45, 2.75) is 18.9 Å². The number of hydrogen-bond donors (Lipinski definition) is 2. The molecule has 1 aromatic carbocycles. The molecule has 1 aliphatic heterocycles. The van der Waals surface area contributed by atoms with Gasteiger partial charge in [-0.1, -0.05) is 23.5 Å². The minimum atomic E-state index is -0.241. The van der Waals surface area contributed by atoms with Crippen molar-refractivity contribution >= 4 is 46.0 Å². The van der Waals surface area contributed by atoms with Gasteiger partial charge in [-0.05, 0) is 37.2 Å². The minimum Gasteiger partial charge on any atom is -0.376 e. The smallest absolute Gasteiger partial charge is 0.265 e. The van der Waals surface area contributed by atoms with Crippen LogP contribution in [0.15, 0.2) is 29.1 Å². The van der Waals surface area contributed by atoms with E-state index in [0.29, 0.717) is 31.9 Å². The van der Waals surface area contributed by atoms with E-state index in [4.69, 9.17) is 17.0 Å². The van der Waals surface area contributed by atoms with Crippen molar-refractivity contribution in [3.8, 4) is 0 Å². The number of nitrogens with zero attached hydrogens (tertiary/aromatic N) is 1. The van der Waals surface area contributed by atoms with Gasteiger partial charge in [0.1, 0.15) is 10.5 Å². The Hall–Kier alpha value is -2.03. The van der Waals surface area contributed by atoms with Gasteiger partial charge in [0.2, 0.25) is 0 Å². The second kappa shape index (κ2) is 6.12. The van der Waals surface area contributed by atoms with Gasteiger partial charge in [0.15, 0.2) is 3.95 Å². The molecule has 4 rings (SSSR count). The molecule has 8 heteroatoms. The highest BCUT2D eigenvalue weighted by Gasteiger charge is 2.20. The SMILES string of the molecule is O=C(NC[C@@H]1CCCO1)c1sc(=S)n2c1[nH]c(=O)c1ccccc12. The third-order valence-corrected chi connectivity index (χ3v) is 5.53. The predicted octanol–water partition coefficient (Wildman–Crippen LogP) is 2.48. The molecule has 0 unspecified atom stereocenters. The fourth-order valence-electron chi connectivity index (χ4n) is 2.99. The summed E-state index contributed by atoms with van der Waals surface area (Å²) < 4.78 is 7.79. The number of carbonyl (C=O) groups excluding carboxylic acids is 1. The maximum absolute atomic E-state index is 12.5. The first-order chi connectivity index (χ1) is 11.6. The van der Waals surface area contributed by atoms with Crippen molar-refractivity contribution in [2.24, 2.45) is 0 Å². The number of H-pyrrole nitrogens is 1. The summed E-state index contributed by atoms with van der Waals surface area (Å²) in [6.45, 7) is 1.21. The Morgan fingerprint density at radius 2 is 2.29 bits per heavy atom. The summed E-state index contributed by atoms with van der Waals surface area (Å²) in [7, 11) is 0. The average molecular weight is 361 g/mol. The maximum atomic E-state index is 12.5. The van der Waals surface area contributed by atoms with Crippen molar-refractivity contribution in [1.29, 1.82) is 0 Å². The molecule has 0 aliphatic carbocycles. The van der Waals surface area contributed by atoms with Crippen LogP contribution in [0.2, 0.25) is 0 Å². The third kappa shape index (κ3) is 2.56. The number of ether oxygens (including phenoxy) is 1. The number of thiazole rings is 1. The van der Waals surface area contributed by atoms with Crippen molar-refractivity contribution < 1.29 is 9.53 Å². The monoisotopic (exact) mass is 361 g/mol. The lowest BCUT2D eigenvalue weighted by atomic mass is 10.2. The molecule has 0 bridgehead atoms. The zero-order valence-electron chi connectivity index (χ0n) is 12.7. The summed E-state index contributed by atoms with van der Waals surface area (Å²) in [6.07, 6.45) is 2.04. The van der Waals surface area contributed by atoms with Gasteiger partial charge in [-0.25, -0.2) is 0 Å². The summed E-state index contributed by atoms with van der Waals surface area (Å²) in [5.41, 5.74) is 0.917. The standard InChI is InChI=1S/C16H15N3O3S2/c20-14-10-5-1-2-6-11(10)19-13(18-14)12(24-16(19)23)15(21)17-8-9-4-3-7-22-9/h1-2,5-6,9H,3-4,7-8H2,(H,17,21)(H,18,20)/t9-/m0/s1. The number of aromatic amines is 1. The number of hydrogen-bond acceptors (Lipinski definition) is 5. The van der Waals surface area contributed by atoms with Gasteiger partial charge >= 0.3 is 0 Å². The van der Waals surface area contributed by atoms with E-state index in [-0.39, 0.29) is 17.6 Å². The Kier molecular flexibility index (Phi) is 3.95. The fraction of sp³-hybridized carbons (Fsp3) is 0.312. The van der Waals surface area contributed by atoms with Gasteiger partial charge < -0.3 is 15.0 Å². The Morgan fingerprint density at radius 3 is 3.08 bits per heavy atom. The van der Waals surface area contributed by atoms with E-state index in [0.717, 1.165) is 19.4 Å². The number of nitrogens with one attached hydrogen (secondary N) is 2. The topological polar surface area (TPSA) is 75.6 Å². The fourth-order valence-corrected chi connectivity index (χ4v) is 4.29. The Morgan fingerprint density at radius 1 is 1.46 bits per heavy atom. The van der Waals surface area contributed by atoms with Crippen LogP contribution in [0.1, 0.15) is 22.5 Å². The molecule has 1 aliphatic rings. The molecular weight excluding hydrogens is 346 g/mol. The summed E-state index contributed by atoms with van der Waals surface area (Å²) >= 11 is 6.61. The number of para-hydroxylation sites is 1. The summed E-state index contributed by atoms with van der Waals surface area (Å²) in [4.78, 5) is 28.0. The van der Waals surface area contributed by atoms with Crippen LogP contribution in [-0.4, -0.2) is 34.5 Å². The molecule has 3 heterocycles. The van der Waals surface area contributed by atoms with E-state index in [1.807, 2.05) is 12.1 Å². The largest absolute Gasteiger partial charge is 0.376 e. The summed E-state index contributed by atoms with van der Waals surface area (Å²) in [5.74, 6) is -0.241. The van der Waals surface area contributed by atoms with Crippen LogP contribution in [0.5, 0.6) is 0 Å². The summed E-state index contributed by atoms with van der Waals surface area (Å²) in [5, 5.41) is 3.43. The number of aromatic nitrogens is 2. The molecule has 24 heavy (non-hydrogen) atoms. The molecule has 2 N–H and O–H groups in total. The van der Waals surface area contributed by atoms with Crippen molar-refractivity contribution in [3.05, 3.63) is 43.5 Å². The highest BCUT2D eigenvalue weighted by atomic mass is 32.1. The molecule has 124 valence electrons. The van der Waals surface area contributed by atoms with Crippen LogP contribution in [-0.2, 0) is 4.74 Å². The normalized spacial score (nSPS) is 17.6. The van der Waals surface area contributed by atoms with Gasteiger partial charge in [-0.3, -0.25) is 14.0 Å². The van der Waals surface area contributed by atoms with E-state index in [1.54, 1.807) is 16.5 Å². The van der Waals surface area contributed by atoms with E-state index in [9.17, 15) is 9.59 Å². The molecule has 6 nitrogen and oxygen atoms in total. The van der Waals surface area contributed by atoms with Gasteiger partial charge in [0.05, 0.1) is 17.0 Å². The molecule has 0 saturated carbocycles. The lowest BCUT2D eigenvalue weighted by Gasteiger charge is -2.10. The predicted molar refractivity (Wildman–Crippen MR) is 95.5 cm³/mol. The molecule has 1 fully saturated rings. The minimum absolute atomic E-state index is 0.0654. The Bertz CT molecular complexity index is 1040. The van der Waals surface area contributed by atoms with Crippen LogP contribution in [0.25, 0.3) is 16.6 Å². The average Bonchev–Trinajstić information content (AvgIpc) is 3.21. The second-order valence-electron chi connectivity index (χ2n) is 5.70. The number of amides is 1. The van der Waals surface area contributed by atoms with E-state index in [2.05, 4.69) is 10.3 Å². The summed E-state index contributed by atoms with van der Waals surface area (Å²) in [6, 6.07) is 7.21. The van der Waals surface area contributed by atoms with E-state index >= 15 is 0 Å². The van der Waals surface area contributed by atoms with Crippen molar-refractivity contribution in [1.82, 2.24) is 14.7 Å². The maximum Gasteiger partial charge on any atom is 0.265 e. The van der Waals surface area contributed by atoms with Crippen LogP contribution in [0, 0.1) is 3.95 Å². The molecule has 1 amide bonds. The Balaban J connectivity index is 1.77. The zero-order chi connectivity index (χ0) is 16.7. The van der Waals surface area contributed by atoms with Gasteiger partial charge in [0, 0.05) is 13.2 Å². The number of carbonyl (C=O) groups is 1. The molecule has 3 aromatic rings. The number of fused-ring (bicyclic) bond motifs is 3.